The topological polar surface area (TPSA) is 71.1 Å². The lowest BCUT2D eigenvalue weighted by molar-refractivity contribution is -0.115. The Balaban J connectivity index is 1.94. The van der Waals surface area contributed by atoms with Crippen LogP contribution in [0.1, 0.15) is 43.1 Å². The molecule has 0 radical (unpaired) electrons. The summed E-state index contributed by atoms with van der Waals surface area (Å²) in [7, 11) is 3.40. The van der Waals surface area contributed by atoms with Crippen molar-refractivity contribution in [1.82, 2.24) is 9.80 Å². The minimum Gasteiger partial charge on any atom is -0.491 e. The smallest absolute Gasteiger partial charge is 0.257 e. The summed E-state index contributed by atoms with van der Waals surface area (Å²) in [4.78, 5) is 29.1. The van der Waals surface area contributed by atoms with Gasteiger partial charge in [-0.05, 0) is 42.7 Å². The number of fused-ring (bicyclic) bond motifs is 1. The molecule has 3 atom stereocenters. The highest BCUT2D eigenvalue weighted by atomic mass is 19.1. The van der Waals surface area contributed by atoms with Crippen LogP contribution < -0.4 is 10.1 Å². The van der Waals surface area contributed by atoms with Gasteiger partial charge in [0.25, 0.3) is 5.91 Å². The predicted octanol–water partition coefficient (Wildman–Crippen LogP) is 4.18. The molecule has 190 valence electrons. The third-order valence-electron chi connectivity index (χ3n) is 6.46. The number of hydrogen-bond acceptors (Lipinski definition) is 5. The molecule has 7 nitrogen and oxygen atoms in total. The fraction of sp³-hybridized carbons (Fsp3) is 0.481. The zero-order chi connectivity index (χ0) is 25.5. The van der Waals surface area contributed by atoms with Gasteiger partial charge >= 0.3 is 0 Å². The molecule has 0 fully saturated rings. The molecule has 0 aromatic heterocycles. The quantitative estimate of drug-likeness (QED) is 0.688. The van der Waals surface area contributed by atoms with Crippen molar-refractivity contribution in [3.8, 4) is 5.75 Å². The number of nitrogens with zero attached hydrogens (tertiary/aromatic N) is 2. The van der Waals surface area contributed by atoms with Gasteiger partial charge in [0, 0.05) is 58.0 Å². The average Bonchev–Trinajstić information content (AvgIpc) is 2.84. The summed E-state index contributed by atoms with van der Waals surface area (Å²) in [5.74, 6) is -0.0347. The van der Waals surface area contributed by atoms with Crippen LogP contribution in [0.3, 0.4) is 0 Å². The van der Waals surface area contributed by atoms with Crippen LogP contribution >= 0.6 is 0 Å². The van der Waals surface area contributed by atoms with Gasteiger partial charge in [-0.25, -0.2) is 4.39 Å². The number of halogens is 1. The Kier molecular flexibility index (Phi) is 9.23. The maximum Gasteiger partial charge on any atom is 0.257 e. The van der Waals surface area contributed by atoms with E-state index in [4.69, 9.17) is 9.47 Å². The van der Waals surface area contributed by atoms with Crippen molar-refractivity contribution in [3.05, 3.63) is 59.4 Å². The SMILES string of the molecule is CCC(=O)Nc1ccc2c(c1)OC[C@@H](C)N(Cc1cccc(F)c1)C[C@H](C)[C@H](OC)CN(C)C2=O. The minimum atomic E-state index is -0.265. The van der Waals surface area contributed by atoms with Crippen LogP contribution in [0.25, 0.3) is 0 Å². The summed E-state index contributed by atoms with van der Waals surface area (Å²) < 4.78 is 25.8. The van der Waals surface area contributed by atoms with E-state index in [1.807, 2.05) is 6.07 Å². The van der Waals surface area contributed by atoms with Crippen molar-refractivity contribution in [2.45, 2.75) is 45.9 Å². The van der Waals surface area contributed by atoms with Crippen LogP contribution in [-0.4, -0.2) is 67.6 Å². The molecule has 1 heterocycles. The standard InChI is InChI=1S/C27H36FN3O4/c1-6-26(32)29-22-10-11-23-24(13-22)35-17-19(3)31(15-20-8-7-9-21(28)12-20)14-18(2)25(34-5)16-30(4)27(23)33/h7-13,18-19,25H,6,14-17H2,1-5H3,(H,29,32)/t18-,19+,25+/m0/s1. The van der Waals surface area contributed by atoms with Crippen molar-refractivity contribution >= 4 is 17.5 Å². The number of rotatable bonds is 5. The molecule has 1 aliphatic rings. The van der Waals surface area contributed by atoms with Gasteiger partial charge in [-0.2, -0.15) is 0 Å². The van der Waals surface area contributed by atoms with E-state index in [2.05, 4.69) is 24.1 Å². The Morgan fingerprint density at radius 3 is 2.66 bits per heavy atom. The molecule has 2 aromatic rings. The zero-order valence-corrected chi connectivity index (χ0v) is 21.2. The van der Waals surface area contributed by atoms with Crippen LogP contribution in [0.15, 0.2) is 42.5 Å². The van der Waals surface area contributed by atoms with Gasteiger partial charge in [0.15, 0.2) is 0 Å². The van der Waals surface area contributed by atoms with Crippen molar-refractivity contribution < 1.29 is 23.5 Å². The molecule has 8 heteroatoms. The predicted molar refractivity (Wildman–Crippen MR) is 134 cm³/mol. The molecule has 35 heavy (non-hydrogen) atoms. The molecule has 3 rings (SSSR count). The second kappa shape index (κ2) is 12.1. The van der Waals surface area contributed by atoms with E-state index in [1.54, 1.807) is 56.3 Å². The number of methoxy groups -OCH3 is 1. The van der Waals surface area contributed by atoms with Crippen molar-refractivity contribution in [2.75, 3.05) is 39.2 Å². The molecule has 2 amide bonds. The molecule has 0 bridgehead atoms. The lowest BCUT2D eigenvalue weighted by Gasteiger charge is -2.36. The Hall–Kier alpha value is -2.97. The summed E-state index contributed by atoms with van der Waals surface area (Å²) in [6, 6.07) is 11.7. The van der Waals surface area contributed by atoms with Gasteiger partial charge in [-0.1, -0.05) is 26.0 Å². The first-order valence-corrected chi connectivity index (χ1v) is 12.0. The molecular formula is C27H36FN3O4. The van der Waals surface area contributed by atoms with Gasteiger partial charge in [0.2, 0.25) is 5.91 Å². The summed E-state index contributed by atoms with van der Waals surface area (Å²) in [5.41, 5.74) is 1.88. The Bertz CT molecular complexity index is 1030. The highest BCUT2D eigenvalue weighted by Gasteiger charge is 2.28. The van der Waals surface area contributed by atoms with E-state index in [-0.39, 0.29) is 35.7 Å². The number of ether oxygens (including phenoxy) is 2. The Morgan fingerprint density at radius 1 is 1.20 bits per heavy atom. The maximum absolute atomic E-state index is 13.8. The largest absolute Gasteiger partial charge is 0.491 e. The van der Waals surface area contributed by atoms with Crippen LogP contribution in [-0.2, 0) is 16.1 Å². The maximum atomic E-state index is 13.8. The summed E-state index contributed by atoms with van der Waals surface area (Å²) in [6.07, 6.45) is 0.167. The number of nitrogens with one attached hydrogen (secondary N) is 1. The molecule has 0 saturated heterocycles. The summed E-state index contributed by atoms with van der Waals surface area (Å²) in [5, 5.41) is 2.82. The second-order valence-corrected chi connectivity index (χ2v) is 9.27. The van der Waals surface area contributed by atoms with Crippen LogP contribution in [0, 0.1) is 11.7 Å². The van der Waals surface area contributed by atoms with Gasteiger partial charge in [-0.15, -0.1) is 0 Å². The number of anilines is 1. The van der Waals surface area contributed by atoms with E-state index in [1.165, 1.54) is 6.07 Å². The van der Waals surface area contributed by atoms with Gasteiger partial charge < -0.3 is 19.7 Å². The first kappa shape index (κ1) is 26.6. The molecule has 2 aromatic carbocycles. The van der Waals surface area contributed by atoms with E-state index >= 15 is 0 Å². The number of carbonyl (C=O) groups excluding carboxylic acids is 2. The Labute approximate surface area is 207 Å². The van der Waals surface area contributed by atoms with Gasteiger partial charge in [0.1, 0.15) is 18.2 Å². The molecule has 0 saturated carbocycles. The first-order chi connectivity index (χ1) is 16.7. The number of carbonyl (C=O) groups is 2. The molecule has 1 N–H and O–H groups in total. The van der Waals surface area contributed by atoms with E-state index in [9.17, 15) is 14.0 Å². The molecule has 0 spiro atoms. The number of benzene rings is 2. The third kappa shape index (κ3) is 7.02. The average molecular weight is 486 g/mol. The molecular weight excluding hydrogens is 449 g/mol. The zero-order valence-electron chi connectivity index (χ0n) is 21.2. The van der Waals surface area contributed by atoms with E-state index < -0.39 is 0 Å². The van der Waals surface area contributed by atoms with Crippen molar-refractivity contribution in [1.29, 1.82) is 0 Å². The molecule has 0 aliphatic carbocycles. The summed E-state index contributed by atoms with van der Waals surface area (Å²) >= 11 is 0. The third-order valence-corrected chi connectivity index (χ3v) is 6.46. The van der Waals surface area contributed by atoms with Crippen LogP contribution in [0.5, 0.6) is 5.75 Å². The highest BCUT2D eigenvalue weighted by molar-refractivity contribution is 5.98. The fourth-order valence-electron chi connectivity index (χ4n) is 4.26. The van der Waals surface area contributed by atoms with Crippen molar-refractivity contribution in [3.63, 3.8) is 0 Å². The van der Waals surface area contributed by atoms with E-state index in [0.29, 0.717) is 49.7 Å². The molecule has 1 aliphatic heterocycles. The summed E-state index contributed by atoms with van der Waals surface area (Å²) in [6.45, 7) is 7.89. The minimum absolute atomic E-state index is 0.0350. The second-order valence-electron chi connectivity index (χ2n) is 9.27. The lowest BCUT2D eigenvalue weighted by Crippen LogP contribution is -2.46. The number of amides is 2. The van der Waals surface area contributed by atoms with Gasteiger partial charge in [0.05, 0.1) is 11.7 Å². The lowest BCUT2D eigenvalue weighted by atomic mass is 10.0. The number of likely N-dealkylation sites (N-methyl/N-ethyl adjacent to an activating group) is 1. The van der Waals surface area contributed by atoms with E-state index in [0.717, 1.165) is 5.56 Å². The normalized spacial score (nSPS) is 21.9. The van der Waals surface area contributed by atoms with Crippen LogP contribution in [0.2, 0.25) is 0 Å². The first-order valence-electron chi connectivity index (χ1n) is 12.0. The van der Waals surface area contributed by atoms with Crippen molar-refractivity contribution in [2.24, 2.45) is 5.92 Å². The highest BCUT2D eigenvalue weighted by Crippen LogP contribution is 2.27. The fourth-order valence-corrected chi connectivity index (χ4v) is 4.26. The monoisotopic (exact) mass is 485 g/mol. The van der Waals surface area contributed by atoms with Crippen LogP contribution in [0.4, 0.5) is 10.1 Å². The Morgan fingerprint density at radius 2 is 1.97 bits per heavy atom. The molecule has 0 unspecified atom stereocenters. The number of hydrogen-bond donors (Lipinski definition) is 1. The van der Waals surface area contributed by atoms with Gasteiger partial charge in [-0.3, -0.25) is 14.5 Å².